The third-order valence-electron chi connectivity index (χ3n) is 3.10. The summed E-state index contributed by atoms with van der Waals surface area (Å²) >= 11 is 3.47. The van der Waals surface area contributed by atoms with E-state index in [1.54, 1.807) is 11.3 Å². The third kappa shape index (κ3) is 3.54. The highest BCUT2D eigenvalue weighted by Gasteiger charge is 2.02. The molecule has 3 rings (SSSR count). The molecule has 1 N–H and O–H groups in total. The van der Waals surface area contributed by atoms with Crippen LogP contribution in [0.4, 0.5) is 0 Å². The van der Waals surface area contributed by atoms with Gasteiger partial charge in [-0.15, -0.1) is 22.7 Å². The third-order valence-corrected chi connectivity index (χ3v) is 4.67. The molecule has 2 aromatic heterocycles. The van der Waals surface area contributed by atoms with Crippen LogP contribution in [0.3, 0.4) is 0 Å². The van der Waals surface area contributed by atoms with Crippen LogP contribution >= 0.6 is 22.7 Å². The molecule has 0 unspecified atom stereocenters. The first kappa shape index (κ1) is 13.5. The van der Waals surface area contributed by atoms with E-state index in [2.05, 4.69) is 57.5 Å². The Bertz CT molecular complexity index is 630. The van der Waals surface area contributed by atoms with Crippen LogP contribution in [0, 0.1) is 0 Å². The Morgan fingerprint density at radius 1 is 1.05 bits per heavy atom. The molecule has 0 aliphatic carbocycles. The van der Waals surface area contributed by atoms with Gasteiger partial charge in [-0.1, -0.05) is 30.3 Å². The van der Waals surface area contributed by atoms with Gasteiger partial charge in [-0.25, -0.2) is 4.98 Å². The van der Waals surface area contributed by atoms with E-state index in [4.69, 9.17) is 0 Å². The number of rotatable bonds is 6. The van der Waals surface area contributed by atoms with Crippen LogP contribution in [0.2, 0.25) is 0 Å². The molecule has 0 bridgehead atoms. The van der Waals surface area contributed by atoms with Gasteiger partial charge in [0.1, 0.15) is 0 Å². The Labute approximate surface area is 127 Å². The van der Waals surface area contributed by atoms with Crippen LogP contribution in [0.25, 0.3) is 11.1 Å². The highest BCUT2D eigenvalue weighted by atomic mass is 32.1. The maximum Gasteiger partial charge on any atom is 0.0794 e. The topological polar surface area (TPSA) is 24.9 Å². The average Bonchev–Trinajstić information content (AvgIpc) is 3.16. The zero-order valence-corrected chi connectivity index (χ0v) is 12.7. The summed E-state index contributed by atoms with van der Waals surface area (Å²) in [6.45, 7) is 1.91. The fourth-order valence-corrected chi connectivity index (χ4v) is 3.50. The van der Waals surface area contributed by atoms with Gasteiger partial charge in [0.25, 0.3) is 0 Å². The first-order chi connectivity index (χ1) is 9.92. The van der Waals surface area contributed by atoms with Crippen LogP contribution in [0.15, 0.2) is 52.7 Å². The smallest absolute Gasteiger partial charge is 0.0794 e. The molecule has 1 aromatic carbocycles. The summed E-state index contributed by atoms with van der Waals surface area (Å²) < 4.78 is 0. The summed E-state index contributed by atoms with van der Waals surface area (Å²) in [6.07, 6.45) is 1.00. The monoisotopic (exact) mass is 300 g/mol. The zero-order chi connectivity index (χ0) is 13.6. The van der Waals surface area contributed by atoms with E-state index in [0.717, 1.165) is 19.5 Å². The van der Waals surface area contributed by atoms with Crippen molar-refractivity contribution < 1.29 is 0 Å². The largest absolute Gasteiger partial charge is 0.311 e. The first-order valence-electron chi connectivity index (χ1n) is 6.62. The Kier molecular flexibility index (Phi) is 4.58. The van der Waals surface area contributed by atoms with Crippen molar-refractivity contribution in [1.29, 1.82) is 0 Å². The number of thiophene rings is 1. The lowest BCUT2D eigenvalue weighted by atomic mass is 10.1. The maximum absolute atomic E-state index is 4.29. The van der Waals surface area contributed by atoms with Crippen molar-refractivity contribution in [3.8, 4) is 11.1 Å². The van der Waals surface area contributed by atoms with Crippen molar-refractivity contribution in [2.24, 2.45) is 0 Å². The number of hydrogen-bond acceptors (Lipinski definition) is 4. The van der Waals surface area contributed by atoms with Gasteiger partial charge >= 0.3 is 0 Å². The van der Waals surface area contributed by atoms with E-state index in [1.165, 1.54) is 21.7 Å². The molecule has 0 atom stereocenters. The number of thiazole rings is 1. The van der Waals surface area contributed by atoms with Gasteiger partial charge in [0.05, 0.1) is 11.2 Å². The second-order valence-electron chi connectivity index (χ2n) is 4.57. The molecule has 2 nitrogen and oxygen atoms in total. The minimum Gasteiger partial charge on any atom is -0.311 e. The molecule has 3 aromatic rings. The Hall–Kier alpha value is -1.49. The van der Waals surface area contributed by atoms with E-state index in [0.29, 0.717) is 0 Å². The number of nitrogens with zero attached hydrogens (tertiary/aromatic N) is 1. The van der Waals surface area contributed by atoms with Gasteiger partial charge in [-0.05, 0) is 22.6 Å². The van der Waals surface area contributed by atoms with Crippen molar-refractivity contribution in [3.05, 3.63) is 63.2 Å². The molecule has 102 valence electrons. The molecular weight excluding hydrogens is 284 g/mol. The lowest BCUT2D eigenvalue weighted by molar-refractivity contribution is 0.688. The molecular formula is C16H16N2S2. The Morgan fingerprint density at radius 2 is 1.95 bits per heavy atom. The number of benzene rings is 1. The van der Waals surface area contributed by atoms with Crippen LogP contribution in [-0.4, -0.2) is 11.5 Å². The van der Waals surface area contributed by atoms with Crippen LogP contribution in [0.5, 0.6) is 0 Å². The van der Waals surface area contributed by atoms with E-state index in [1.807, 2.05) is 16.8 Å². The number of hydrogen-bond donors (Lipinski definition) is 1. The molecule has 0 fully saturated rings. The molecule has 0 saturated carbocycles. The van der Waals surface area contributed by atoms with Crippen molar-refractivity contribution in [3.63, 3.8) is 0 Å². The average molecular weight is 300 g/mol. The molecule has 4 heteroatoms. The van der Waals surface area contributed by atoms with E-state index < -0.39 is 0 Å². The van der Waals surface area contributed by atoms with E-state index in [-0.39, 0.29) is 0 Å². The standard InChI is InChI=1S/C16H16N2S2/c1-2-4-13(5-3-1)14-8-16(20-10-14)9-17-7-6-15-11-19-12-18-15/h1-5,8,10-12,17H,6-7,9H2. The first-order valence-corrected chi connectivity index (χ1v) is 8.45. The quantitative estimate of drug-likeness (QED) is 0.690. The summed E-state index contributed by atoms with van der Waals surface area (Å²) in [5.41, 5.74) is 5.67. The molecule has 0 radical (unpaired) electrons. The van der Waals surface area contributed by atoms with Crippen molar-refractivity contribution in [2.45, 2.75) is 13.0 Å². The summed E-state index contributed by atoms with van der Waals surface area (Å²) in [5.74, 6) is 0. The van der Waals surface area contributed by atoms with E-state index in [9.17, 15) is 0 Å². The molecule has 0 amide bonds. The molecule has 0 spiro atoms. The van der Waals surface area contributed by atoms with Gasteiger partial charge in [0.15, 0.2) is 0 Å². The van der Waals surface area contributed by atoms with Crippen molar-refractivity contribution >= 4 is 22.7 Å². The lowest BCUT2D eigenvalue weighted by Crippen LogP contribution is -2.16. The van der Waals surface area contributed by atoms with Crippen molar-refractivity contribution in [1.82, 2.24) is 10.3 Å². The predicted molar refractivity (Wildman–Crippen MR) is 87.3 cm³/mol. The van der Waals surface area contributed by atoms with Gasteiger partial charge in [0.2, 0.25) is 0 Å². The van der Waals surface area contributed by atoms with Crippen molar-refractivity contribution in [2.75, 3.05) is 6.54 Å². The summed E-state index contributed by atoms with van der Waals surface area (Å²) in [4.78, 5) is 5.66. The highest BCUT2D eigenvalue weighted by Crippen LogP contribution is 2.25. The van der Waals surface area contributed by atoms with Gasteiger partial charge in [0, 0.05) is 29.8 Å². The fraction of sp³-hybridized carbons (Fsp3) is 0.188. The maximum atomic E-state index is 4.29. The number of aromatic nitrogens is 1. The molecule has 0 saturated heterocycles. The van der Waals surface area contributed by atoms with Crippen LogP contribution in [-0.2, 0) is 13.0 Å². The Balaban J connectivity index is 1.50. The summed E-state index contributed by atoms with van der Waals surface area (Å²) in [7, 11) is 0. The van der Waals surface area contributed by atoms with Gasteiger partial charge in [-0.2, -0.15) is 0 Å². The summed E-state index contributed by atoms with van der Waals surface area (Å²) in [5, 5.41) is 7.82. The normalized spacial score (nSPS) is 10.8. The fourth-order valence-electron chi connectivity index (χ4n) is 2.04. The van der Waals surface area contributed by atoms with E-state index >= 15 is 0 Å². The second kappa shape index (κ2) is 6.79. The minimum atomic E-state index is 0.932. The minimum absolute atomic E-state index is 0.932. The Morgan fingerprint density at radius 3 is 2.75 bits per heavy atom. The molecule has 20 heavy (non-hydrogen) atoms. The molecule has 2 heterocycles. The van der Waals surface area contributed by atoms with Gasteiger partial charge < -0.3 is 5.32 Å². The lowest BCUT2D eigenvalue weighted by Gasteiger charge is -2.01. The molecule has 0 aliphatic heterocycles. The second-order valence-corrected chi connectivity index (χ2v) is 6.29. The molecule has 0 aliphatic rings. The summed E-state index contributed by atoms with van der Waals surface area (Å²) in [6, 6.07) is 12.8. The van der Waals surface area contributed by atoms with Gasteiger partial charge in [-0.3, -0.25) is 0 Å². The van der Waals surface area contributed by atoms with Crippen LogP contribution < -0.4 is 5.32 Å². The zero-order valence-electron chi connectivity index (χ0n) is 11.1. The van der Waals surface area contributed by atoms with Crippen LogP contribution in [0.1, 0.15) is 10.6 Å². The number of nitrogens with one attached hydrogen (secondary N) is 1. The predicted octanol–water partition coefficient (Wildman–Crippen LogP) is 4.20. The highest BCUT2D eigenvalue weighted by molar-refractivity contribution is 7.10. The SMILES string of the molecule is c1ccc(-c2csc(CNCCc3cscn3)c2)cc1.